The molecule has 0 aromatic rings. The van der Waals surface area contributed by atoms with Gasteiger partial charge in [-0.25, -0.2) is 0 Å². The molecule has 0 aromatic heterocycles. The smallest absolute Gasteiger partial charge is 0.132 e. The Hall–Kier alpha value is -1.82. The van der Waals surface area contributed by atoms with Crippen LogP contribution in [0.4, 0.5) is 0 Å². The molecule has 0 bridgehead atoms. The lowest BCUT2D eigenvalue weighted by Crippen LogP contribution is -1.92. The van der Waals surface area contributed by atoms with Gasteiger partial charge >= 0.3 is 0 Å². The molecular formula is C10H10O5. The van der Waals surface area contributed by atoms with Crippen LogP contribution in [-0.2, 0) is 24.9 Å². The summed E-state index contributed by atoms with van der Waals surface area (Å²) in [5, 5.41) is 12.1. The molecule has 1 aliphatic heterocycles. The summed E-state index contributed by atoms with van der Waals surface area (Å²) in [4.78, 5) is 8.77. The minimum absolute atomic E-state index is 1.26. The van der Waals surface area contributed by atoms with Gasteiger partial charge in [0.2, 0.25) is 0 Å². The molecule has 0 atom stereocenters. The van der Waals surface area contributed by atoms with Gasteiger partial charge in [-0.15, -0.1) is 0 Å². The van der Waals surface area contributed by atoms with Gasteiger partial charge in [-0.1, -0.05) is 36.5 Å². The Labute approximate surface area is 86.9 Å². The highest BCUT2D eigenvalue weighted by Crippen LogP contribution is 1.90. The first-order valence-electron chi connectivity index (χ1n) is 4.14. The summed E-state index contributed by atoms with van der Waals surface area (Å²) < 4.78 is 0. The highest BCUT2D eigenvalue weighted by molar-refractivity contribution is 5.16. The lowest BCUT2D eigenvalue weighted by atomic mass is 10.4. The maximum Gasteiger partial charge on any atom is 0.132 e. The molecule has 0 aliphatic carbocycles. The molecule has 5 nitrogen and oxygen atoms in total. The first-order valence-corrected chi connectivity index (χ1v) is 4.14. The summed E-state index contributed by atoms with van der Waals surface area (Å²) in [6, 6.07) is 0. The van der Waals surface area contributed by atoms with Crippen molar-refractivity contribution in [3.05, 3.63) is 61.1 Å². The second-order valence-electron chi connectivity index (χ2n) is 2.21. The second-order valence-corrected chi connectivity index (χ2v) is 2.21. The molecule has 0 amide bonds. The topological polar surface area (TPSA) is 46.2 Å². The fraction of sp³-hybridized carbons (Fsp3) is 0. The third kappa shape index (κ3) is 7.27. The van der Waals surface area contributed by atoms with Crippen molar-refractivity contribution in [2.75, 3.05) is 0 Å². The molecule has 0 aromatic carbocycles. The molecule has 1 rings (SSSR count). The van der Waals surface area contributed by atoms with Crippen LogP contribution in [0.1, 0.15) is 0 Å². The van der Waals surface area contributed by atoms with Crippen molar-refractivity contribution in [3.63, 3.8) is 0 Å². The van der Waals surface area contributed by atoms with E-state index in [1.807, 2.05) is 24.3 Å². The predicted molar refractivity (Wildman–Crippen MR) is 51.1 cm³/mol. The van der Waals surface area contributed by atoms with Crippen LogP contribution in [0.2, 0.25) is 0 Å². The summed E-state index contributed by atoms with van der Waals surface area (Å²) in [7, 11) is 0. The Bertz CT molecular complexity index is 260. The zero-order valence-electron chi connectivity index (χ0n) is 7.81. The van der Waals surface area contributed by atoms with Crippen LogP contribution in [0.3, 0.4) is 0 Å². The molecule has 0 N–H and O–H groups in total. The molecule has 0 saturated heterocycles. The highest BCUT2D eigenvalue weighted by atomic mass is 17.8. The van der Waals surface area contributed by atoms with Gasteiger partial charge in [-0.05, 0) is 12.2 Å². The second kappa shape index (κ2) is 8.76. The van der Waals surface area contributed by atoms with Crippen LogP contribution in [0.25, 0.3) is 0 Å². The first-order chi connectivity index (χ1) is 7.50. The lowest BCUT2D eigenvalue weighted by molar-refractivity contribution is -0.692. The molecule has 0 spiro atoms. The summed E-state index contributed by atoms with van der Waals surface area (Å²) in [5.74, 6) is 0. The van der Waals surface area contributed by atoms with Crippen molar-refractivity contribution in [1.82, 2.24) is 0 Å². The Balaban J connectivity index is 2.43. The van der Waals surface area contributed by atoms with Crippen molar-refractivity contribution < 1.29 is 24.9 Å². The van der Waals surface area contributed by atoms with Gasteiger partial charge < -0.3 is 9.78 Å². The van der Waals surface area contributed by atoms with E-state index in [0.29, 0.717) is 0 Å². The Kier molecular flexibility index (Phi) is 6.58. The van der Waals surface area contributed by atoms with Crippen molar-refractivity contribution in [2.45, 2.75) is 0 Å². The summed E-state index contributed by atoms with van der Waals surface area (Å²) >= 11 is 0. The maximum absolute atomic E-state index is 4.39. The molecular weight excluding hydrogens is 200 g/mol. The van der Waals surface area contributed by atoms with Crippen LogP contribution >= 0.6 is 0 Å². The highest BCUT2D eigenvalue weighted by Gasteiger charge is 1.85. The van der Waals surface area contributed by atoms with E-state index in [4.69, 9.17) is 0 Å². The van der Waals surface area contributed by atoms with Crippen LogP contribution in [0, 0.1) is 0 Å². The largest absolute Gasteiger partial charge is 0.314 e. The Morgan fingerprint density at radius 3 is 1.27 bits per heavy atom. The van der Waals surface area contributed by atoms with E-state index < -0.39 is 0 Å². The molecule has 80 valence electrons. The van der Waals surface area contributed by atoms with E-state index in [1.54, 1.807) is 24.3 Å². The molecule has 15 heavy (non-hydrogen) atoms. The Morgan fingerprint density at radius 2 is 0.800 bits per heavy atom. The minimum Gasteiger partial charge on any atom is -0.314 e. The molecule has 0 fully saturated rings. The van der Waals surface area contributed by atoms with Crippen LogP contribution in [-0.4, -0.2) is 0 Å². The first kappa shape index (κ1) is 11.3. The van der Waals surface area contributed by atoms with E-state index in [2.05, 4.69) is 24.9 Å². The van der Waals surface area contributed by atoms with Crippen molar-refractivity contribution >= 4 is 0 Å². The average Bonchev–Trinajstić information content (AvgIpc) is 2.27. The third-order valence-corrected chi connectivity index (χ3v) is 1.18. The standard InChI is InChI=1S/C10H10O5/c1-2-4-6-8-10-12-14-15-13-11-9-7-5-3-1/h1-10H/b2-1-,5-3-,6-4-,9-7-,10-8-. The molecule has 5 heteroatoms. The number of hydrogen-bond acceptors (Lipinski definition) is 5. The fourth-order valence-corrected chi connectivity index (χ4v) is 0.629. The number of allylic oxidation sites excluding steroid dienone is 8. The minimum atomic E-state index is 1.26. The molecule has 0 unspecified atom stereocenters. The number of hydrogen-bond donors (Lipinski definition) is 0. The monoisotopic (exact) mass is 210 g/mol. The van der Waals surface area contributed by atoms with Gasteiger partial charge in [0.05, 0.1) is 0 Å². The van der Waals surface area contributed by atoms with Crippen molar-refractivity contribution in [2.24, 2.45) is 0 Å². The Morgan fingerprint density at radius 1 is 0.400 bits per heavy atom. The molecule has 1 heterocycles. The van der Waals surface area contributed by atoms with Gasteiger partial charge in [0.15, 0.2) is 0 Å². The van der Waals surface area contributed by atoms with E-state index in [-0.39, 0.29) is 0 Å². The molecule has 1 aliphatic rings. The van der Waals surface area contributed by atoms with Gasteiger partial charge in [0.25, 0.3) is 0 Å². The third-order valence-electron chi connectivity index (χ3n) is 1.18. The molecule has 0 saturated carbocycles. The van der Waals surface area contributed by atoms with Gasteiger partial charge in [-0.2, -0.15) is 0 Å². The summed E-state index contributed by atoms with van der Waals surface area (Å²) in [6.45, 7) is 0. The van der Waals surface area contributed by atoms with Crippen molar-refractivity contribution in [1.29, 1.82) is 0 Å². The molecule has 0 radical (unpaired) electrons. The van der Waals surface area contributed by atoms with Gasteiger partial charge in [0, 0.05) is 15.1 Å². The zero-order valence-corrected chi connectivity index (χ0v) is 7.81. The predicted octanol–water partition coefficient (Wildman–Crippen LogP) is 2.44. The van der Waals surface area contributed by atoms with E-state index >= 15 is 0 Å². The normalized spacial score (nSPS) is 28.3. The van der Waals surface area contributed by atoms with E-state index in [1.165, 1.54) is 12.5 Å². The summed E-state index contributed by atoms with van der Waals surface area (Å²) in [6.07, 6.45) is 16.6. The average molecular weight is 210 g/mol. The van der Waals surface area contributed by atoms with Crippen LogP contribution in [0.5, 0.6) is 0 Å². The quantitative estimate of drug-likeness (QED) is 0.574. The SMILES string of the molecule is C1=C\C=C/C=C\OOOOO/C=C\C=C/1. The lowest BCUT2D eigenvalue weighted by Gasteiger charge is -1.95. The van der Waals surface area contributed by atoms with E-state index in [9.17, 15) is 0 Å². The maximum atomic E-state index is 4.39. The van der Waals surface area contributed by atoms with E-state index in [0.717, 1.165) is 0 Å². The fourth-order valence-electron chi connectivity index (χ4n) is 0.629. The summed E-state index contributed by atoms with van der Waals surface area (Å²) in [5.41, 5.74) is 0. The van der Waals surface area contributed by atoms with Crippen LogP contribution in [0.15, 0.2) is 61.1 Å². The van der Waals surface area contributed by atoms with Crippen molar-refractivity contribution in [3.8, 4) is 0 Å². The zero-order chi connectivity index (χ0) is 10.6. The van der Waals surface area contributed by atoms with Crippen LogP contribution < -0.4 is 0 Å². The van der Waals surface area contributed by atoms with Gasteiger partial charge in [0.1, 0.15) is 12.5 Å². The number of rotatable bonds is 0. The van der Waals surface area contributed by atoms with Gasteiger partial charge in [-0.3, -0.25) is 0 Å².